The van der Waals surface area contributed by atoms with Gasteiger partial charge in [-0.2, -0.15) is 0 Å². The van der Waals surface area contributed by atoms with Crippen molar-refractivity contribution in [2.24, 2.45) is 0 Å². The van der Waals surface area contributed by atoms with E-state index in [1.807, 2.05) is 6.08 Å². The summed E-state index contributed by atoms with van der Waals surface area (Å²) in [5.41, 5.74) is 0.855. The van der Waals surface area contributed by atoms with E-state index in [1.54, 1.807) is 0 Å². The Hall–Kier alpha value is -0.413. The number of allylic oxidation sites excluding steroid dienone is 1. The first-order valence-corrected chi connectivity index (χ1v) is 8.27. The van der Waals surface area contributed by atoms with Gasteiger partial charge < -0.3 is 4.43 Å². The summed E-state index contributed by atoms with van der Waals surface area (Å²) < 4.78 is 5.92. The van der Waals surface area contributed by atoms with E-state index in [-0.39, 0.29) is 6.10 Å². The highest BCUT2D eigenvalue weighted by Crippen LogP contribution is 2.23. The summed E-state index contributed by atoms with van der Waals surface area (Å²) in [5, 5.41) is 0. The zero-order valence-electron chi connectivity index (χ0n) is 8.67. The standard InChI is InChI=1S/C10H18O2Si/c1-13(2,3)12-10-7-5-4-6-9(10)8-11/h6,8,10H,4-5,7H2,1-3H3/t10-/m0/s1. The quantitative estimate of drug-likeness (QED) is 0.514. The van der Waals surface area contributed by atoms with E-state index in [2.05, 4.69) is 19.6 Å². The Kier molecular flexibility index (Phi) is 3.45. The molecule has 0 spiro atoms. The minimum atomic E-state index is -1.50. The lowest BCUT2D eigenvalue weighted by atomic mass is 9.98. The number of rotatable bonds is 3. The molecule has 1 aliphatic rings. The van der Waals surface area contributed by atoms with E-state index >= 15 is 0 Å². The van der Waals surface area contributed by atoms with E-state index in [4.69, 9.17) is 4.43 Å². The highest BCUT2D eigenvalue weighted by atomic mass is 28.4. The van der Waals surface area contributed by atoms with Crippen molar-refractivity contribution in [2.75, 3.05) is 0 Å². The molecule has 0 aromatic carbocycles. The minimum absolute atomic E-state index is 0.0814. The molecule has 1 atom stereocenters. The largest absolute Gasteiger partial charge is 0.411 e. The minimum Gasteiger partial charge on any atom is -0.411 e. The average molecular weight is 198 g/mol. The predicted octanol–water partition coefficient (Wildman–Crippen LogP) is 2.52. The fourth-order valence-corrected chi connectivity index (χ4v) is 2.66. The van der Waals surface area contributed by atoms with Crippen molar-refractivity contribution in [1.29, 1.82) is 0 Å². The molecule has 0 aromatic heterocycles. The smallest absolute Gasteiger partial charge is 0.184 e. The van der Waals surface area contributed by atoms with Gasteiger partial charge in [0.2, 0.25) is 0 Å². The summed E-state index contributed by atoms with van der Waals surface area (Å²) in [6.07, 6.45) is 6.23. The molecule has 0 fully saturated rings. The zero-order chi connectivity index (χ0) is 9.90. The van der Waals surface area contributed by atoms with Crippen LogP contribution in [0.25, 0.3) is 0 Å². The van der Waals surface area contributed by atoms with Crippen molar-refractivity contribution in [3.8, 4) is 0 Å². The molecule has 1 rings (SSSR count). The number of aldehydes is 1. The molecular weight excluding hydrogens is 180 g/mol. The van der Waals surface area contributed by atoms with Crippen molar-refractivity contribution in [3.05, 3.63) is 11.6 Å². The van der Waals surface area contributed by atoms with Gasteiger partial charge in [0.15, 0.2) is 8.32 Å². The summed E-state index contributed by atoms with van der Waals surface area (Å²) in [5.74, 6) is 0. The molecule has 0 heterocycles. The van der Waals surface area contributed by atoms with Gasteiger partial charge in [0.1, 0.15) is 6.29 Å². The van der Waals surface area contributed by atoms with Crippen LogP contribution in [0.5, 0.6) is 0 Å². The SMILES string of the molecule is C[Si](C)(C)O[C@H]1CCCC=C1C=O. The fourth-order valence-electron chi connectivity index (χ4n) is 1.55. The average Bonchev–Trinajstić information content (AvgIpc) is 2.02. The van der Waals surface area contributed by atoms with E-state index in [0.717, 1.165) is 31.1 Å². The van der Waals surface area contributed by atoms with Crippen molar-refractivity contribution < 1.29 is 9.22 Å². The molecule has 0 saturated carbocycles. The van der Waals surface area contributed by atoms with Gasteiger partial charge in [-0.3, -0.25) is 4.79 Å². The summed E-state index contributed by atoms with van der Waals surface area (Å²) >= 11 is 0. The van der Waals surface area contributed by atoms with E-state index in [0.29, 0.717) is 0 Å². The number of hydrogen-bond acceptors (Lipinski definition) is 2. The van der Waals surface area contributed by atoms with E-state index in [9.17, 15) is 4.79 Å². The maximum Gasteiger partial charge on any atom is 0.184 e. The van der Waals surface area contributed by atoms with Crippen molar-refractivity contribution in [2.45, 2.75) is 45.0 Å². The number of carbonyl (C=O) groups excluding carboxylic acids is 1. The third kappa shape index (κ3) is 3.44. The lowest BCUT2D eigenvalue weighted by Gasteiger charge is -2.28. The summed E-state index contributed by atoms with van der Waals surface area (Å²) in [6, 6.07) is 0. The van der Waals surface area contributed by atoms with E-state index in [1.165, 1.54) is 0 Å². The molecule has 0 bridgehead atoms. The van der Waals surface area contributed by atoms with Gasteiger partial charge in [-0.15, -0.1) is 0 Å². The third-order valence-corrected chi connectivity index (χ3v) is 3.05. The molecule has 0 radical (unpaired) electrons. The highest BCUT2D eigenvalue weighted by molar-refractivity contribution is 6.69. The van der Waals surface area contributed by atoms with Crippen LogP contribution in [0, 0.1) is 0 Å². The van der Waals surface area contributed by atoms with Crippen molar-refractivity contribution >= 4 is 14.6 Å². The lowest BCUT2D eigenvalue weighted by Crippen LogP contribution is -2.34. The molecule has 0 unspecified atom stereocenters. The van der Waals surface area contributed by atoms with Crippen LogP contribution < -0.4 is 0 Å². The second-order valence-electron chi connectivity index (χ2n) is 4.47. The Bertz CT molecular complexity index is 215. The van der Waals surface area contributed by atoms with E-state index < -0.39 is 8.32 Å². The van der Waals surface area contributed by atoms with Crippen molar-refractivity contribution in [1.82, 2.24) is 0 Å². The van der Waals surface area contributed by atoms with Gasteiger partial charge in [0.05, 0.1) is 6.10 Å². The Labute approximate surface area is 81.1 Å². The molecule has 2 nitrogen and oxygen atoms in total. The third-order valence-electron chi connectivity index (χ3n) is 2.05. The monoisotopic (exact) mass is 198 g/mol. The predicted molar refractivity (Wildman–Crippen MR) is 56.2 cm³/mol. The van der Waals surface area contributed by atoms with Crippen molar-refractivity contribution in [3.63, 3.8) is 0 Å². The van der Waals surface area contributed by atoms with Crippen LogP contribution in [-0.4, -0.2) is 20.7 Å². The van der Waals surface area contributed by atoms with Crippen LogP contribution in [0.2, 0.25) is 19.6 Å². The first kappa shape index (κ1) is 10.7. The molecule has 0 saturated heterocycles. The molecule has 13 heavy (non-hydrogen) atoms. The maximum absolute atomic E-state index is 10.7. The molecule has 74 valence electrons. The molecule has 0 amide bonds. The van der Waals surface area contributed by atoms with Crippen LogP contribution >= 0.6 is 0 Å². The highest BCUT2D eigenvalue weighted by Gasteiger charge is 2.24. The molecule has 0 N–H and O–H groups in total. The van der Waals surface area contributed by atoms with Crippen LogP contribution in [0.4, 0.5) is 0 Å². The van der Waals surface area contributed by atoms with Crippen LogP contribution in [-0.2, 0) is 9.22 Å². The van der Waals surface area contributed by atoms with Gasteiger partial charge in [-0.25, -0.2) is 0 Å². The lowest BCUT2D eigenvalue weighted by molar-refractivity contribution is -0.105. The summed E-state index contributed by atoms with van der Waals surface area (Å²) in [7, 11) is -1.50. The number of carbonyl (C=O) groups is 1. The molecule has 0 aliphatic heterocycles. The second-order valence-corrected chi connectivity index (χ2v) is 8.93. The number of hydrogen-bond donors (Lipinski definition) is 0. The zero-order valence-corrected chi connectivity index (χ0v) is 9.67. The van der Waals surface area contributed by atoms with Gasteiger partial charge in [-0.05, 0) is 38.9 Å². The topological polar surface area (TPSA) is 26.3 Å². The Morgan fingerprint density at radius 1 is 1.54 bits per heavy atom. The van der Waals surface area contributed by atoms with Crippen LogP contribution in [0.1, 0.15) is 19.3 Å². The first-order chi connectivity index (χ1) is 6.03. The van der Waals surface area contributed by atoms with Crippen LogP contribution in [0.15, 0.2) is 11.6 Å². The second kappa shape index (κ2) is 4.20. The first-order valence-electron chi connectivity index (χ1n) is 4.86. The van der Waals surface area contributed by atoms with Gasteiger partial charge in [0.25, 0.3) is 0 Å². The van der Waals surface area contributed by atoms with Gasteiger partial charge in [0, 0.05) is 5.57 Å². The fraction of sp³-hybridized carbons (Fsp3) is 0.700. The molecule has 0 aromatic rings. The molecule has 1 aliphatic carbocycles. The maximum atomic E-state index is 10.7. The Morgan fingerprint density at radius 3 is 2.77 bits per heavy atom. The van der Waals surface area contributed by atoms with Gasteiger partial charge in [-0.1, -0.05) is 6.08 Å². The Balaban J connectivity index is 2.62. The summed E-state index contributed by atoms with van der Waals surface area (Å²) in [6.45, 7) is 6.47. The van der Waals surface area contributed by atoms with Crippen LogP contribution in [0.3, 0.4) is 0 Å². The Morgan fingerprint density at radius 2 is 2.23 bits per heavy atom. The van der Waals surface area contributed by atoms with Gasteiger partial charge >= 0.3 is 0 Å². The summed E-state index contributed by atoms with van der Waals surface area (Å²) in [4.78, 5) is 10.7. The molecule has 3 heteroatoms. The normalized spacial score (nSPS) is 23.9. The molecular formula is C10H18O2Si.